The smallest absolute Gasteiger partial charge is 0.354 e. The molecule has 6 nitrogen and oxygen atoms in total. The van der Waals surface area contributed by atoms with E-state index in [1.807, 2.05) is 25.1 Å². The third kappa shape index (κ3) is 5.57. The normalized spacial score (nSPS) is 13.8. The molecular formula is C21H23IrN4O2-. The second-order valence-corrected chi connectivity index (χ2v) is 6.53. The molecule has 1 fully saturated rings. The van der Waals surface area contributed by atoms with E-state index >= 15 is 0 Å². The van der Waals surface area contributed by atoms with E-state index in [0.717, 1.165) is 17.2 Å². The molecule has 1 aliphatic rings. The van der Waals surface area contributed by atoms with Crippen LogP contribution in [0.1, 0.15) is 54.5 Å². The fraction of sp³-hybridized carbons (Fsp3) is 0.333. The van der Waals surface area contributed by atoms with Crippen molar-refractivity contribution >= 4 is 5.97 Å². The van der Waals surface area contributed by atoms with Crippen LogP contribution in [-0.4, -0.2) is 30.8 Å². The Hall–Kier alpha value is -2.37. The van der Waals surface area contributed by atoms with Crippen molar-refractivity contribution in [3.63, 3.8) is 0 Å². The van der Waals surface area contributed by atoms with Crippen molar-refractivity contribution in [1.82, 2.24) is 19.7 Å². The van der Waals surface area contributed by atoms with Gasteiger partial charge < -0.3 is 9.67 Å². The molecule has 7 heteroatoms. The van der Waals surface area contributed by atoms with E-state index in [0.29, 0.717) is 6.04 Å². The maximum Gasteiger partial charge on any atom is 0.354 e. The van der Waals surface area contributed by atoms with E-state index in [9.17, 15) is 4.79 Å². The molecule has 4 rings (SSSR count). The number of nitrogens with zero attached hydrogens (tertiary/aromatic N) is 4. The summed E-state index contributed by atoms with van der Waals surface area (Å²) in [6.07, 6.45) is 7.95. The van der Waals surface area contributed by atoms with Crippen molar-refractivity contribution < 1.29 is 30.0 Å². The van der Waals surface area contributed by atoms with Gasteiger partial charge >= 0.3 is 5.97 Å². The molecule has 0 spiro atoms. The fourth-order valence-electron chi connectivity index (χ4n) is 3.35. The number of aromatic nitrogens is 4. The monoisotopic (exact) mass is 556 g/mol. The van der Waals surface area contributed by atoms with Crippen LogP contribution in [0.25, 0.3) is 11.4 Å². The van der Waals surface area contributed by atoms with Gasteiger partial charge in [0, 0.05) is 32.3 Å². The molecular weight excluding hydrogens is 532 g/mol. The molecule has 0 saturated heterocycles. The van der Waals surface area contributed by atoms with Gasteiger partial charge in [0.2, 0.25) is 0 Å². The molecule has 1 radical (unpaired) electrons. The third-order valence-corrected chi connectivity index (χ3v) is 4.64. The van der Waals surface area contributed by atoms with Crippen molar-refractivity contribution in [1.29, 1.82) is 0 Å². The summed E-state index contributed by atoms with van der Waals surface area (Å²) in [5.41, 5.74) is 1.13. The Morgan fingerprint density at radius 3 is 2.43 bits per heavy atom. The summed E-state index contributed by atoms with van der Waals surface area (Å²) in [6, 6.07) is 16.6. The van der Waals surface area contributed by atoms with Gasteiger partial charge in [0.25, 0.3) is 0 Å². The van der Waals surface area contributed by atoms with Gasteiger partial charge in [-0.25, -0.2) is 9.78 Å². The molecule has 0 bridgehead atoms. The Morgan fingerprint density at radius 1 is 1.11 bits per heavy atom. The van der Waals surface area contributed by atoms with Gasteiger partial charge in [-0.15, -0.1) is 41.0 Å². The molecule has 2 aromatic heterocycles. The topological polar surface area (TPSA) is 80.9 Å². The van der Waals surface area contributed by atoms with Gasteiger partial charge in [0.05, 0.1) is 5.82 Å². The first-order chi connectivity index (χ1) is 13.2. The summed E-state index contributed by atoms with van der Waals surface area (Å²) in [4.78, 5) is 13.7. The molecule has 1 aliphatic carbocycles. The van der Waals surface area contributed by atoms with Crippen molar-refractivity contribution in [3.05, 3.63) is 66.2 Å². The van der Waals surface area contributed by atoms with Gasteiger partial charge in [-0.2, -0.15) is 5.10 Å². The maximum atomic E-state index is 10.1. The van der Waals surface area contributed by atoms with Crippen LogP contribution in [0.2, 0.25) is 0 Å². The van der Waals surface area contributed by atoms with E-state index in [1.54, 1.807) is 12.1 Å². The number of carbonyl (C=O) groups is 1. The fourth-order valence-corrected chi connectivity index (χ4v) is 3.35. The average molecular weight is 556 g/mol. The number of aromatic carboxylic acids is 1. The number of aryl methyl sites for hydroxylation is 1. The van der Waals surface area contributed by atoms with Crippen molar-refractivity contribution in [3.8, 4) is 11.4 Å². The Balaban J connectivity index is 0.000000239. The van der Waals surface area contributed by atoms with E-state index in [1.165, 1.54) is 44.4 Å². The number of benzene rings is 1. The zero-order chi connectivity index (χ0) is 19.1. The summed E-state index contributed by atoms with van der Waals surface area (Å²) >= 11 is 0. The van der Waals surface area contributed by atoms with Crippen LogP contribution < -0.4 is 0 Å². The second kappa shape index (κ2) is 10.8. The summed E-state index contributed by atoms with van der Waals surface area (Å²) in [5, 5.41) is 16.9. The Morgan fingerprint density at radius 2 is 1.86 bits per heavy atom. The summed E-state index contributed by atoms with van der Waals surface area (Å²) in [6.45, 7) is 2.05. The zero-order valence-corrected chi connectivity index (χ0v) is 18.1. The standard InChI is InChI=1S/C15H18N3.C6H5NO2.Ir/c1-12-16-17-15(13-8-4-2-5-9-13)18(12)14-10-6-3-7-11-14;8-6(9)5-3-1-2-4-7-5;/h2,4-5,8,14H,3,6-7,10-11H2,1H3;1-4H,(H,8,9);/q-1;;. The van der Waals surface area contributed by atoms with E-state index in [4.69, 9.17) is 5.11 Å². The van der Waals surface area contributed by atoms with Gasteiger partial charge in [0.15, 0.2) is 0 Å². The quantitative estimate of drug-likeness (QED) is 0.487. The van der Waals surface area contributed by atoms with Crippen LogP contribution >= 0.6 is 0 Å². The van der Waals surface area contributed by atoms with Crippen molar-refractivity contribution in [2.45, 2.75) is 45.1 Å². The number of carboxylic acid groups (broad SMARTS) is 1. The van der Waals surface area contributed by atoms with Crippen LogP contribution in [0, 0.1) is 13.0 Å². The molecule has 2 heterocycles. The van der Waals surface area contributed by atoms with E-state index in [-0.39, 0.29) is 25.8 Å². The van der Waals surface area contributed by atoms with Gasteiger partial charge in [-0.3, -0.25) is 0 Å². The number of rotatable bonds is 3. The van der Waals surface area contributed by atoms with Gasteiger partial charge in [-0.05, 0) is 31.9 Å². The SMILES string of the molecule is Cc1nnc(-c2[c-]cccc2)n1C1CCCCC1.O=C(O)c1ccccn1.[Ir]. The zero-order valence-electron chi connectivity index (χ0n) is 15.7. The number of hydrogen-bond donors (Lipinski definition) is 1. The number of pyridine rings is 1. The van der Waals surface area contributed by atoms with Gasteiger partial charge in [0.1, 0.15) is 11.5 Å². The first-order valence-corrected chi connectivity index (χ1v) is 9.19. The minimum Gasteiger partial charge on any atom is -0.477 e. The summed E-state index contributed by atoms with van der Waals surface area (Å²) in [7, 11) is 0. The van der Waals surface area contributed by atoms with Crippen LogP contribution in [-0.2, 0) is 20.1 Å². The molecule has 149 valence electrons. The molecule has 1 saturated carbocycles. The first-order valence-electron chi connectivity index (χ1n) is 9.19. The van der Waals surface area contributed by atoms with E-state index in [2.05, 4.69) is 31.9 Å². The minimum atomic E-state index is -0.990. The predicted molar refractivity (Wildman–Crippen MR) is 102 cm³/mol. The second-order valence-electron chi connectivity index (χ2n) is 6.53. The molecule has 0 atom stereocenters. The maximum absolute atomic E-state index is 10.1. The van der Waals surface area contributed by atoms with E-state index < -0.39 is 5.97 Å². The van der Waals surface area contributed by atoms with Crippen molar-refractivity contribution in [2.75, 3.05) is 0 Å². The van der Waals surface area contributed by atoms with Crippen LogP contribution in [0.3, 0.4) is 0 Å². The molecule has 28 heavy (non-hydrogen) atoms. The van der Waals surface area contributed by atoms with Gasteiger partial charge in [-0.1, -0.05) is 25.3 Å². The Kier molecular flexibility index (Phi) is 8.48. The number of hydrogen-bond acceptors (Lipinski definition) is 4. The van der Waals surface area contributed by atoms with Crippen molar-refractivity contribution in [2.24, 2.45) is 0 Å². The molecule has 0 aliphatic heterocycles. The third-order valence-electron chi connectivity index (χ3n) is 4.64. The van der Waals surface area contributed by atoms with Crippen LogP contribution in [0.15, 0.2) is 48.7 Å². The summed E-state index contributed by atoms with van der Waals surface area (Å²) < 4.78 is 2.31. The first kappa shape index (κ1) is 21.9. The molecule has 1 aromatic carbocycles. The largest absolute Gasteiger partial charge is 0.477 e. The molecule has 3 aromatic rings. The molecule has 1 N–H and O–H groups in total. The summed E-state index contributed by atoms with van der Waals surface area (Å²) in [5.74, 6) is 1.00. The molecule has 0 amide bonds. The molecule has 0 unspecified atom stereocenters. The van der Waals surface area contributed by atoms with Crippen LogP contribution in [0.4, 0.5) is 0 Å². The predicted octanol–water partition coefficient (Wildman–Crippen LogP) is 4.34. The minimum absolute atomic E-state index is 0. The Labute approximate surface area is 178 Å². The Bertz CT molecular complexity index is 863. The average Bonchev–Trinajstić information content (AvgIpc) is 3.12. The van der Waals surface area contributed by atoms with Crippen LogP contribution in [0.5, 0.6) is 0 Å². The number of carboxylic acids is 1.